The summed E-state index contributed by atoms with van der Waals surface area (Å²) in [6.07, 6.45) is -17.8. The molecule has 6 aromatic rings. The van der Waals surface area contributed by atoms with Gasteiger partial charge in [-0.1, -0.05) is 0 Å². The third kappa shape index (κ3) is 8.25. The Morgan fingerprint density at radius 3 is 1.89 bits per heavy atom. The van der Waals surface area contributed by atoms with Crippen LogP contribution in [0.5, 0.6) is 46.0 Å². The molecule has 0 aliphatic carbocycles. The van der Waals surface area contributed by atoms with E-state index in [9.17, 15) is 71.2 Å². The molecule has 2 aliphatic heterocycles. The number of phenols is 6. The second-order valence-electron chi connectivity index (χ2n) is 15.0. The Bertz CT molecular complexity index is 2810. The lowest BCUT2D eigenvalue weighted by atomic mass is 9.98. The number of carbonyl (C=O) groups is 1. The maximum atomic E-state index is 13.5. The molecule has 2 saturated heterocycles. The first kappa shape index (κ1) is 44.7. The highest BCUT2D eigenvalue weighted by Crippen LogP contribution is 2.47. The van der Waals surface area contributed by atoms with Crippen LogP contribution in [0.1, 0.15) is 10.4 Å². The smallest absolute Gasteiger partial charge is 0.350 e. The van der Waals surface area contributed by atoms with Crippen LogP contribution in [0.2, 0.25) is 0 Å². The third-order valence-corrected chi connectivity index (χ3v) is 10.9. The lowest BCUT2D eigenvalue weighted by Crippen LogP contribution is -2.61. The van der Waals surface area contributed by atoms with E-state index in [0.29, 0.717) is 0 Å². The van der Waals surface area contributed by atoms with Crippen LogP contribution in [0.15, 0.2) is 80.0 Å². The summed E-state index contributed by atoms with van der Waals surface area (Å²) in [5.74, 6) is -6.48. The van der Waals surface area contributed by atoms with Gasteiger partial charge in [-0.2, -0.15) is 0 Å². The van der Waals surface area contributed by atoms with Crippen molar-refractivity contribution in [1.82, 2.24) is 0 Å². The maximum Gasteiger partial charge on any atom is 0.350 e. The third-order valence-electron chi connectivity index (χ3n) is 10.9. The molecular formula is C43H41O22+. The quantitative estimate of drug-likeness (QED) is 0.0505. The summed E-state index contributed by atoms with van der Waals surface area (Å²) in [6, 6.07) is 13.3. The summed E-state index contributed by atoms with van der Waals surface area (Å²) in [4.78, 5) is 13.5. The first-order valence-electron chi connectivity index (χ1n) is 19.5. The predicted octanol–water partition coefficient (Wildman–Crippen LogP) is 0.494. The lowest BCUT2D eigenvalue weighted by molar-refractivity contribution is -0.277. The fourth-order valence-electron chi connectivity index (χ4n) is 7.39. The Morgan fingerprint density at radius 2 is 1.25 bits per heavy atom. The monoisotopic (exact) mass is 909 g/mol. The van der Waals surface area contributed by atoms with Crippen molar-refractivity contribution in [1.29, 1.82) is 0 Å². The van der Waals surface area contributed by atoms with Crippen molar-refractivity contribution in [3.8, 4) is 68.6 Å². The molecule has 22 nitrogen and oxygen atoms in total. The molecule has 10 atom stereocenters. The molecule has 0 amide bonds. The van der Waals surface area contributed by atoms with Gasteiger partial charge in [-0.15, -0.1) is 0 Å². The number of ether oxygens (including phenoxy) is 5. The fourth-order valence-corrected chi connectivity index (χ4v) is 7.39. The van der Waals surface area contributed by atoms with Gasteiger partial charge in [0.15, 0.2) is 57.9 Å². The zero-order chi connectivity index (χ0) is 46.6. The Labute approximate surface area is 363 Å². The van der Waals surface area contributed by atoms with E-state index < -0.39 is 121 Å². The zero-order valence-corrected chi connectivity index (χ0v) is 33.5. The Hall–Kier alpha value is -6.86. The van der Waals surface area contributed by atoms with E-state index >= 15 is 0 Å². The molecule has 2 aromatic heterocycles. The van der Waals surface area contributed by atoms with Gasteiger partial charge in [-0.05, 0) is 54.6 Å². The summed E-state index contributed by atoms with van der Waals surface area (Å²) < 4.78 is 47.4. The number of hydrogen-bond donors (Lipinski definition) is 13. The highest BCUT2D eigenvalue weighted by molar-refractivity contribution is 6.10. The number of hydrogen-bond acceptors (Lipinski definition) is 21. The summed E-state index contributed by atoms with van der Waals surface area (Å²) in [7, 11) is 1.37. The van der Waals surface area contributed by atoms with E-state index in [2.05, 4.69) is 0 Å². The van der Waals surface area contributed by atoms with Gasteiger partial charge in [0.1, 0.15) is 59.7 Å². The van der Waals surface area contributed by atoms with Crippen molar-refractivity contribution >= 4 is 27.9 Å². The van der Waals surface area contributed by atoms with Gasteiger partial charge >= 0.3 is 11.4 Å². The van der Waals surface area contributed by atoms with E-state index in [1.54, 1.807) is 0 Å². The van der Waals surface area contributed by atoms with Crippen LogP contribution < -0.4 is 14.9 Å². The number of esters is 1. The first-order valence-corrected chi connectivity index (χ1v) is 19.5. The molecule has 4 heterocycles. The standard InChI is InChI=1S/C43H40O22/c1-58-18-10-27-31-19(12-25(59-27)15-2-5-21(47)26(9-15)61-42-37(56)35(54)33(52)29(13-44)62-42)39(38(60-28(31)11-18)16-3-4-20(46)22(48)6-16)65-43-40(36(55)34(53)30(14-45)63-43)64-41(57)17-7-23(49)32(51)24(50)8-17/h2-12,29-30,33-37,40,42-45,52-56H,13-14H2,1H3,(H5-,46,47,48,49,50,51,57)/p+1/t29-,30-,33-,34+,35+,36+,37-,40-,42-,43+/m1/s1. The van der Waals surface area contributed by atoms with E-state index in [4.69, 9.17) is 36.9 Å². The van der Waals surface area contributed by atoms with Gasteiger partial charge in [-0.25, -0.2) is 4.79 Å². The SMILES string of the molecule is C[O+]=c1cc2oc(-c3ccc(O)c(O[C@@H]4O[C@H](CO)[C@@H](O)[C@H](O)[C@H]4O)c3)cc3c(O[C@@H]4O[C@H](CO)[C@H](O)[C@H](O)[C@H]4OC(=O)c4cc(O)c(O)c(O)c4)c(-c4ccc(O)c(O)c4)oc(c1)c23. The topological polar surface area (TPSA) is 364 Å². The maximum absolute atomic E-state index is 13.5. The van der Waals surface area contributed by atoms with Crippen molar-refractivity contribution in [2.45, 2.75) is 61.4 Å². The molecule has 0 bridgehead atoms. The van der Waals surface area contributed by atoms with Crippen LogP contribution in [-0.4, -0.2) is 154 Å². The van der Waals surface area contributed by atoms with E-state index in [0.717, 1.165) is 24.3 Å². The van der Waals surface area contributed by atoms with Crippen molar-refractivity contribution in [2.24, 2.45) is 0 Å². The summed E-state index contributed by atoms with van der Waals surface area (Å²) in [5.41, 5.74) is 0.0575. The molecule has 0 unspecified atom stereocenters. The average Bonchev–Trinajstić information content (AvgIpc) is 3.29. The van der Waals surface area contributed by atoms with Crippen LogP contribution >= 0.6 is 0 Å². The molecular weight excluding hydrogens is 868 g/mol. The van der Waals surface area contributed by atoms with Crippen LogP contribution in [0, 0.1) is 0 Å². The van der Waals surface area contributed by atoms with E-state index in [-0.39, 0.29) is 61.5 Å². The molecule has 0 radical (unpaired) electrons. The van der Waals surface area contributed by atoms with Gasteiger partial charge in [0, 0.05) is 16.5 Å². The lowest BCUT2D eigenvalue weighted by Gasteiger charge is -2.41. The number of benzene rings is 4. The molecule has 4 aromatic carbocycles. The molecule has 0 saturated carbocycles. The number of aliphatic hydroxyl groups excluding tert-OH is 7. The number of rotatable bonds is 10. The molecule has 344 valence electrons. The zero-order valence-electron chi connectivity index (χ0n) is 33.5. The number of aliphatic hydroxyl groups is 7. The minimum atomic E-state index is -2.04. The highest BCUT2D eigenvalue weighted by atomic mass is 16.7. The molecule has 8 rings (SSSR count). The van der Waals surface area contributed by atoms with Crippen molar-refractivity contribution in [2.75, 3.05) is 20.3 Å². The second kappa shape index (κ2) is 17.6. The van der Waals surface area contributed by atoms with Crippen molar-refractivity contribution < 1.29 is 104 Å². The van der Waals surface area contributed by atoms with Crippen LogP contribution in [0.3, 0.4) is 0 Å². The van der Waals surface area contributed by atoms with Gasteiger partial charge < -0.3 is 98.9 Å². The van der Waals surface area contributed by atoms with Gasteiger partial charge in [0.05, 0.1) is 36.3 Å². The summed E-state index contributed by atoms with van der Waals surface area (Å²) >= 11 is 0. The molecule has 2 aliphatic rings. The Kier molecular flexibility index (Phi) is 12.1. The number of aromatic hydroxyl groups is 6. The van der Waals surface area contributed by atoms with E-state index in [1.165, 1.54) is 49.6 Å². The van der Waals surface area contributed by atoms with Crippen LogP contribution in [-0.2, 0) is 14.2 Å². The van der Waals surface area contributed by atoms with Gasteiger partial charge in [0.25, 0.3) is 7.11 Å². The average molecular weight is 910 g/mol. The van der Waals surface area contributed by atoms with Gasteiger partial charge in [-0.3, -0.25) is 4.42 Å². The normalized spacial score (nSPS) is 26.1. The van der Waals surface area contributed by atoms with Crippen LogP contribution in [0.25, 0.3) is 44.6 Å². The van der Waals surface area contributed by atoms with Crippen LogP contribution in [0.4, 0.5) is 0 Å². The largest absolute Gasteiger partial charge is 0.504 e. The Morgan fingerprint density at radius 1 is 0.631 bits per heavy atom. The minimum Gasteiger partial charge on any atom is -0.504 e. The predicted molar refractivity (Wildman–Crippen MR) is 217 cm³/mol. The molecule has 0 spiro atoms. The molecule has 65 heavy (non-hydrogen) atoms. The molecule has 22 heteroatoms. The van der Waals surface area contributed by atoms with Crippen molar-refractivity contribution in [3.05, 3.63) is 82.1 Å². The second-order valence-corrected chi connectivity index (χ2v) is 15.0. The van der Waals surface area contributed by atoms with E-state index in [1.807, 2.05) is 0 Å². The minimum absolute atomic E-state index is 0.00978. The first-order chi connectivity index (χ1) is 31.0. The molecule has 13 N–H and O–H groups in total. The summed E-state index contributed by atoms with van der Waals surface area (Å²) in [5, 5.41) is 135. The number of carbonyl (C=O) groups excluding carboxylic acids is 1. The van der Waals surface area contributed by atoms with Gasteiger partial charge in [0.2, 0.25) is 12.6 Å². The number of phenolic OH excluding ortho intramolecular Hbond substituents is 6. The summed E-state index contributed by atoms with van der Waals surface area (Å²) in [6.45, 7) is -1.64. The molecule has 2 fully saturated rings. The fraction of sp³-hybridized carbons (Fsp3) is 0.302. The van der Waals surface area contributed by atoms with Crippen molar-refractivity contribution in [3.63, 3.8) is 0 Å². The Balaban J connectivity index is 1.30. The highest BCUT2D eigenvalue weighted by Gasteiger charge is 2.49.